The first kappa shape index (κ1) is 12.5. The van der Waals surface area contributed by atoms with E-state index < -0.39 is 11.9 Å². The van der Waals surface area contributed by atoms with Crippen molar-refractivity contribution in [2.45, 2.75) is 19.3 Å². The molecule has 4 heteroatoms. The van der Waals surface area contributed by atoms with E-state index in [1.807, 2.05) is 12.2 Å². The third kappa shape index (κ3) is 2.95. The summed E-state index contributed by atoms with van der Waals surface area (Å²) in [7, 11) is 0. The molecule has 1 rings (SSSR count). The lowest BCUT2D eigenvalue weighted by molar-refractivity contribution is -0.148. The molecule has 0 aromatic rings. The third-order valence-electron chi connectivity index (χ3n) is 2.95. The molecule has 1 N–H and O–H groups in total. The summed E-state index contributed by atoms with van der Waals surface area (Å²) in [6.07, 6.45) is 4.27. The summed E-state index contributed by atoms with van der Waals surface area (Å²) in [5.41, 5.74) is -0.0902. The number of carbonyl (C=O) groups is 2. The molecule has 0 aliphatic heterocycles. The highest BCUT2D eigenvalue weighted by Gasteiger charge is 2.49. The Morgan fingerprint density at radius 3 is 2.44 bits per heavy atom. The highest BCUT2D eigenvalue weighted by atomic mass is 16.5. The molecule has 0 saturated heterocycles. The van der Waals surface area contributed by atoms with E-state index in [0.29, 0.717) is 6.61 Å². The standard InChI is InChI=1S/C12H16O4/c1-3-12(4-2)7-9(12)8-16-11(15)6-5-10(13)14/h3-4,9H,1-2,5-8H2,(H,13,14). The summed E-state index contributed by atoms with van der Waals surface area (Å²) in [5, 5.41) is 8.38. The van der Waals surface area contributed by atoms with Crippen LogP contribution in [0.3, 0.4) is 0 Å². The predicted molar refractivity (Wildman–Crippen MR) is 58.8 cm³/mol. The normalized spacial score (nSPS) is 20.9. The summed E-state index contributed by atoms with van der Waals surface area (Å²) in [6, 6.07) is 0. The van der Waals surface area contributed by atoms with Crippen LogP contribution in [-0.4, -0.2) is 23.7 Å². The Bertz CT molecular complexity index is 311. The zero-order valence-electron chi connectivity index (χ0n) is 9.15. The number of allylic oxidation sites excluding steroid dienone is 2. The SMILES string of the molecule is C=CC1(C=C)CC1COC(=O)CCC(=O)O. The monoisotopic (exact) mass is 224 g/mol. The van der Waals surface area contributed by atoms with Gasteiger partial charge >= 0.3 is 11.9 Å². The van der Waals surface area contributed by atoms with Gasteiger partial charge < -0.3 is 9.84 Å². The van der Waals surface area contributed by atoms with Gasteiger partial charge in [-0.2, -0.15) is 0 Å². The van der Waals surface area contributed by atoms with Crippen molar-refractivity contribution in [2.24, 2.45) is 11.3 Å². The fourth-order valence-corrected chi connectivity index (χ4v) is 1.64. The molecule has 88 valence electrons. The van der Waals surface area contributed by atoms with Crippen LogP contribution in [0.2, 0.25) is 0 Å². The molecule has 0 heterocycles. The third-order valence-corrected chi connectivity index (χ3v) is 2.95. The van der Waals surface area contributed by atoms with Crippen molar-refractivity contribution in [3.05, 3.63) is 25.3 Å². The summed E-state index contributed by atoms with van der Waals surface area (Å²) < 4.78 is 4.98. The van der Waals surface area contributed by atoms with E-state index in [0.717, 1.165) is 6.42 Å². The molecule has 16 heavy (non-hydrogen) atoms. The quantitative estimate of drug-likeness (QED) is 0.528. The molecular weight excluding hydrogens is 208 g/mol. The molecule has 0 aromatic carbocycles. The summed E-state index contributed by atoms with van der Waals surface area (Å²) in [6.45, 7) is 7.74. The van der Waals surface area contributed by atoms with Gasteiger partial charge in [-0.25, -0.2) is 0 Å². The Balaban J connectivity index is 2.22. The van der Waals surface area contributed by atoms with Crippen LogP contribution < -0.4 is 0 Å². The molecule has 0 amide bonds. The Hall–Kier alpha value is -1.58. The van der Waals surface area contributed by atoms with E-state index in [9.17, 15) is 9.59 Å². The van der Waals surface area contributed by atoms with Crippen molar-refractivity contribution < 1.29 is 19.4 Å². The van der Waals surface area contributed by atoms with Crippen LogP contribution in [-0.2, 0) is 14.3 Å². The Kier molecular flexibility index (Phi) is 3.88. The molecule has 1 saturated carbocycles. The van der Waals surface area contributed by atoms with E-state index in [1.165, 1.54) is 0 Å². The fraction of sp³-hybridized carbons (Fsp3) is 0.500. The molecule has 0 radical (unpaired) electrons. The number of hydrogen-bond donors (Lipinski definition) is 1. The number of rotatable bonds is 7. The van der Waals surface area contributed by atoms with Gasteiger partial charge in [-0.1, -0.05) is 12.2 Å². The van der Waals surface area contributed by atoms with E-state index in [4.69, 9.17) is 9.84 Å². The second-order valence-corrected chi connectivity index (χ2v) is 4.00. The average Bonchev–Trinajstić information content (AvgIpc) is 2.98. The maximum absolute atomic E-state index is 11.1. The van der Waals surface area contributed by atoms with Crippen LogP contribution in [0.5, 0.6) is 0 Å². The van der Waals surface area contributed by atoms with Gasteiger partial charge in [0.1, 0.15) is 0 Å². The van der Waals surface area contributed by atoms with Crippen LogP contribution in [0, 0.1) is 11.3 Å². The zero-order valence-corrected chi connectivity index (χ0v) is 9.15. The van der Waals surface area contributed by atoms with Crippen molar-refractivity contribution in [3.63, 3.8) is 0 Å². The molecule has 1 atom stereocenters. The Morgan fingerprint density at radius 1 is 1.38 bits per heavy atom. The first-order valence-corrected chi connectivity index (χ1v) is 5.18. The number of ether oxygens (including phenoxy) is 1. The molecular formula is C12H16O4. The van der Waals surface area contributed by atoms with Gasteiger partial charge in [-0.05, 0) is 6.42 Å². The largest absolute Gasteiger partial charge is 0.481 e. The van der Waals surface area contributed by atoms with E-state index >= 15 is 0 Å². The van der Waals surface area contributed by atoms with Gasteiger partial charge in [-0.15, -0.1) is 13.2 Å². The lowest BCUT2D eigenvalue weighted by Gasteiger charge is -2.06. The van der Waals surface area contributed by atoms with Crippen molar-refractivity contribution in [2.75, 3.05) is 6.61 Å². The lowest BCUT2D eigenvalue weighted by Crippen LogP contribution is -2.11. The van der Waals surface area contributed by atoms with Crippen LogP contribution in [0.15, 0.2) is 25.3 Å². The van der Waals surface area contributed by atoms with Gasteiger partial charge in [0, 0.05) is 11.3 Å². The number of esters is 1. The minimum Gasteiger partial charge on any atom is -0.481 e. The molecule has 1 aliphatic rings. The van der Waals surface area contributed by atoms with Crippen molar-refractivity contribution in [1.29, 1.82) is 0 Å². The smallest absolute Gasteiger partial charge is 0.306 e. The first-order chi connectivity index (χ1) is 7.54. The van der Waals surface area contributed by atoms with Crippen LogP contribution in [0.25, 0.3) is 0 Å². The molecule has 1 unspecified atom stereocenters. The van der Waals surface area contributed by atoms with Crippen molar-refractivity contribution in [3.8, 4) is 0 Å². The summed E-state index contributed by atoms with van der Waals surface area (Å²) in [4.78, 5) is 21.3. The topological polar surface area (TPSA) is 63.6 Å². The van der Waals surface area contributed by atoms with Gasteiger partial charge in [0.05, 0.1) is 19.4 Å². The molecule has 1 fully saturated rings. The molecule has 0 spiro atoms. The molecule has 0 bridgehead atoms. The minimum atomic E-state index is -0.991. The van der Waals surface area contributed by atoms with Gasteiger partial charge in [0.2, 0.25) is 0 Å². The Labute approximate surface area is 94.6 Å². The van der Waals surface area contributed by atoms with Crippen LogP contribution in [0.1, 0.15) is 19.3 Å². The van der Waals surface area contributed by atoms with E-state index in [1.54, 1.807) is 0 Å². The second-order valence-electron chi connectivity index (χ2n) is 4.00. The molecule has 4 nitrogen and oxygen atoms in total. The lowest BCUT2D eigenvalue weighted by atomic mass is 10.1. The first-order valence-electron chi connectivity index (χ1n) is 5.18. The maximum Gasteiger partial charge on any atom is 0.306 e. The molecule has 1 aliphatic carbocycles. The minimum absolute atomic E-state index is 0.0722. The van der Waals surface area contributed by atoms with E-state index in [2.05, 4.69) is 13.2 Å². The predicted octanol–water partition coefficient (Wildman–Crippen LogP) is 1.77. The second kappa shape index (κ2) is 4.96. The highest BCUT2D eigenvalue weighted by Crippen LogP contribution is 2.54. The van der Waals surface area contributed by atoms with Crippen LogP contribution >= 0.6 is 0 Å². The highest BCUT2D eigenvalue weighted by molar-refractivity contribution is 5.76. The van der Waals surface area contributed by atoms with Crippen LogP contribution in [0.4, 0.5) is 0 Å². The van der Waals surface area contributed by atoms with Gasteiger partial charge in [0.25, 0.3) is 0 Å². The maximum atomic E-state index is 11.1. The summed E-state index contributed by atoms with van der Waals surface area (Å²) >= 11 is 0. The van der Waals surface area contributed by atoms with E-state index in [-0.39, 0.29) is 24.2 Å². The fourth-order valence-electron chi connectivity index (χ4n) is 1.64. The Morgan fingerprint density at radius 2 is 2.00 bits per heavy atom. The number of carbonyl (C=O) groups excluding carboxylic acids is 1. The number of carboxylic acids is 1. The summed E-state index contributed by atoms with van der Waals surface area (Å²) in [5.74, 6) is -1.21. The van der Waals surface area contributed by atoms with Gasteiger partial charge in [-0.3, -0.25) is 9.59 Å². The number of hydrogen-bond acceptors (Lipinski definition) is 3. The zero-order chi connectivity index (χ0) is 12.2. The molecule has 0 aromatic heterocycles. The van der Waals surface area contributed by atoms with Crippen molar-refractivity contribution in [1.82, 2.24) is 0 Å². The van der Waals surface area contributed by atoms with Gasteiger partial charge in [0.15, 0.2) is 0 Å². The number of aliphatic carboxylic acids is 1. The average molecular weight is 224 g/mol. The number of carboxylic acid groups (broad SMARTS) is 1. The van der Waals surface area contributed by atoms with Crippen molar-refractivity contribution >= 4 is 11.9 Å².